The zero-order valence-electron chi connectivity index (χ0n) is 14.5. The lowest BCUT2D eigenvalue weighted by Gasteiger charge is -2.20. The third-order valence-electron chi connectivity index (χ3n) is 4.79. The van der Waals surface area contributed by atoms with Gasteiger partial charge in [0.2, 0.25) is 0 Å². The smallest absolute Gasteiger partial charge is 0.313 e. The monoisotopic (exact) mass is 382 g/mol. The van der Waals surface area contributed by atoms with Crippen LogP contribution in [0.15, 0.2) is 65.5 Å². The first-order valence-electron chi connectivity index (χ1n) is 8.77. The van der Waals surface area contributed by atoms with Crippen molar-refractivity contribution >= 4 is 40.0 Å². The van der Waals surface area contributed by atoms with Crippen LogP contribution in [0, 0.1) is 5.92 Å². The van der Waals surface area contributed by atoms with Crippen molar-refractivity contribution < 1.29 is 9.59 Å². The topological polar surface area (TPSA) is 86.0 Å². The molecule has 0 spiro atoms. The lowest BCUT2D eigenvalue weighted by Crippen LogP contribution is -2.36. The van der Waals surface area contributed by atoms with Crippen molar-refractivity contribution in [3.8, 4) is 0 Å². The van der Waals surface area contributed by atoms with Crippen LogP contribution in [0.25, 0.3) is 10.9 Å². The minimum Gasteiger partial charge on any atom is -0.384 e. The van der Waals surface area contributed by atoms with Gasteiger partial charge in [0.25, 0.3) is 0 Å². The normalized spacial score (nSPS) is 20.5. The van der Waals surface area contributed by atoms with E-state index in [9.17, 15) is 9.59 Å². The maximum atomic E-state index is 12.1. The molecule has 7 heteroatoms. The molecule has 2 aromatic rings. The van der Waals surface area contributed by atoms with E-state index in [0.717, 1.165) is 16.5 Å². The maximum Gasteiger partial charge on any atom is 0.313 e. The van der Waals surface area contributed by atoms with E-state index in [1.165, 1.54) is 0 Å². The van der Waals surface area contributed by atoms with Crippen molar-refractivity contribution in [2.24, 2.45) is 5.92 Å². The number of carbonyl (C=O) groups excluding carboxylic acids is 2. The number of nitrogens with one attached hydrogen (secondary N) is 4. The first-order valence-corrected chi connectivity index (χ1v) is 9.15. The third-order valence-corrected chi connectivity index (χ3v) is 5.05. The van der Waals surface area contributed by atoms with Gasteiger partial charge >= 0.3 is 11.8 Å². The van der Waals surface area contributed by atoms with Gasteiger partial charge in [-0.15, -0.1) is 0 Å². The van der Waals surface area contributed by atoms with Crippen LogP contribution in [0.3, 0.4) is 0 Å². The van der Waals surface area contributed by atoms with Crippen molar-refractivity contribution in [3.63, 3.8) is 0 Å². The lowest BCUT2D eigenvalue weighted by molar-refractivity contribution is -0.136. The summed E-state index contributed by atoms with van der Waals surface area (Å²) in [6.07, 6.45) is 10.3. The second kappa shape index (κ2) is 7.32. The number of anilines is 1. The van der Waals surface area contributed by atoms with Crippen LogP contribution in [0.5, 0.6) is 0 Å². The van der Waals surface area contributed by atoms with Crippen LogP contribution < -0.4 is 16.0 Å². The minimum absolute atomic E-state index is 0.196. The Kier molecular flexibility index (Phi) is 4.73. The molecule has 1 aromatic carbocycles. The Hall–Kier alpha value is -2.99. The zero-order chi connectivity index (χ0) is 18.8. The fraction of sp³-hybridized carbons (Fsp3) is 0.200. The molecule has 0 radical (unpaired) electrons. The minimum atomic E-state index is -0.676. The Morgan fingerprint density at radius 3 is 2.96 bits per heavy atom. The Labute approximate surface area is 161 Å². The number of H-pyrrole nitrogens is 1. The molecule has 0 saturated carbocycles. The van der Waals surface area contributed by atoms with Gasteiger partial charge in [0.05, 0.1) is 6.04 Å². The SMILES string of the molecule is O=C(NCCC1=CNC2C=CC(Cl)=CC12)C(=O)Nc1ccc2[nH]ccc2c1. The number of fused-ring (bicyclic) bond motifs is 2. The van der Waals surface area contributed by atoms with Gasteiger partial charge in [-0.3, -0.25) is 9.59 Å². The highest BCUT2D eigenvalue weighted by Crippen LogP contribution is 2.31. The van der Waals surface area contributed by atoms with Gasteiger partial charge in [0.1, 0.15) is 0 Å². The summed E-state index contributed by atoms with van der Waals surface area (Å²) >= 11 is 6.08. The molecule has 6 nitrogen and oxygen atoms in total. The summed E-state index contributed by atoms with van der Waals surface area (Å²) in [7, 11) is 0. The number of aromatic amines is 1. The number of aromatic nitrogens is 1. The Morgan fingerprint density at radius 2 is 2.07 bits per heavy atom. The molecular formula is C20H19ClN4O2. The van der Waals surface area contributed by atoms with Crippen molar-refractivity contribution in [2.45, 2.75) is 12.5 Å². The number of benzene rings is 1. The average molecular weight is 383 g/mol. The highest BCUT2D eigenvalue weighted by molar-refractivity contribution is 6.39. The number of halogens is 1. The Balaban J connectivity index is 1.28. The second-order valence-electron chi connectivity index (χ2n) is 6.59. The fourth-order valence-electron chi connectivity index (χ4n) is 3.40. The number of rotatable bonds is 4. The van der Waals surface area contributed by atoms with Crippen LogP contribution in [0.2, 0.25) is 0 Å². The molecule has 2 atom stereocenters. The second-order valence-corrected chi connectivity index (χ2v) is 7.02. The summed E-state index contributed by atoms with van der Waals surface area (Å²) in [5, 5.41) is 10.3. The lowest BCUT2D eigenvalue weighted by atomic mass is 9.90. The van der Waals surface area contributed by atoms with Gasteiger partial charge < -0.3 is 20.9 Å². The molecule has 1 aliphatic heterocycles. The molecule has 138 valence electrons. The molecule has 4 N–H and O–H groups in total. The number of hydrogen-bond donors (Lipinski definition) is 4. The van der Waals surface area contributed by atoms with Crippen molar-refractivity contribution in [1.82, 2.24) is 15.6 Å². The van der Waals surface area contributed by atoms with Crippen molar-refractivity contribution in [3.05, 3.63) is 65.5 Å². The molecular weight excluding hydrogens is 364 g/mol. The molecule has 0 saturated heterocycles. The maximum absolute atomic E-state index is 12.1. The van der Waals surface area contributed by atoms with Crippen LogP contribution >= 0.6 is 11.6 Å². The van der Waals surface area contributed by atoms with Crippen LogP contribution in [-0.4, -0.2) is 29.4 Å². The van der Waals surface area contributed by atoms with E-state index in [-0.39, 0.29) is 12.0 Å². The molecule has 2 heterocycles. The van der Waals surface area contributed by atoms with E-state index in [4.69, 9.17) is 11.6 Å². The van der Waals surface area contributed by atoms with E-state index in [1.54, 1.807) is 6.07 Å². The van der Waals surface area contributed by atoms with Gasteiger partial charge in [-0.2, -0.15) is 0 Å². The molecule has 2 unspecified atom stereocenters. The molecule has 4 rings (SSSR count). The number of carbonyl (C=O) groups is 2. The Bertz CT molecular complexity index is 989. The predicted molar refractivity (Wildman–Crippen MR) is 106 cm³/mol. The third kappa shape index (κ3) is 3.75. The van der Waals surface area contributed by atoms with Crippen molar-refractivity contribution in [1.29, 1.82) is 0 Å². The standard InChI is InChI=1S/C20H19ClN4O2/c21-14-1-3-18-16(10-14)13(11-24-18)6-8-23-19(26)20(27)25-15-2-4-17-12(9-15)5-7-22-17/h1-5,7,9-11,16,18,22,24H,6,8H2,(H,23,26)(H,25,27). The van der Waals surface area contributed by atoms with Crippen LogP contribution in [0.1, 0.15) is 6.42 Å². The fourth-order valence-corrected chi connectivity index (χ4v) is 3.61. The molecule has 2 amide bonds. The highest BCUT2D eigenvalue weighted by Gasteiger charge is 2.28. The van der Waals surface area contributed by atoms with Crippen molar-refractivity contribution in [2.75, 3.05) is 11.9 Å². The van der Waals surface area contributed by atoms with Gasteiger partial charge in [-0.1, -0.05) is 23.8 Å². The first kappa shape index (κ1) is 17.4. The number of allylic oxidation sites excluding steroid dienone is 2. The predicted octanol–water partition coefficient (Wildman–Crippen LogP) is 2.78. The summed E-state index contributed by atoms with van der Waals surface area (Å²) in [5.74, 6) is -1.13. The quantitative estimate of drug-likeness (QED) is 0.613. The summed E-state index contributed by atoms with van der Waals surface area (Å²) in [5.41, 5.74) is 2.71. The molecule has 27 heavy (non-hydrogen) atoms. The molecule has 0 bridgehead atoms. The largest absolute Gasteiger partial charge is 0.384 e. The summed E-state index contributed by atoms with van der Waals surface area (Å²) < 4.78 is 0. The molecule has 2 aliphatic rings. The van der Waals surface area contributed by atoms with E-state index in [1.807, 2.05) is 48.8 Å². The van der Waals surface area contributed by atoms with Gasteiger partial charge in [0, 0.05) is 40.3 Å². The summed E-state index contributed by atoms with van der Waals surface area (Å²) in [4.78, 5) is 27.2. The van der Waals surface area contributed by atoms with Gasteiger partial charge in [-0.05, 0) is 48.5 Å². The molecule has 1 aliphatic carbocycles. The van der Waals surface area contributed by atoms with E-state index >= 15 is 0 Å². The average Bonchev–Trinajstić information content (AvgIpc) is 3.28. The zero-order valence-corrected chi connectivity index (χ0v) is 15.2. The molecule has 1 aromatic heterocycles. The first-order chi connectivity index (χ1) is 13.1. The van der Waals surface area contributed by atoms with Gasteiger partial charge in [0.15, 0.2) is 0 Å². The van der Waals surface area contributed by atoms with E-state index < -0.39 is 11.8 Å². The summed E-state index contributed by atoms with van der Waals surface area (Å²) in [6, 6.07) is 7.55. The molecule has 0 fully saturated rings. The highest BCUT2D eigenvalue weighted by atomic mass is 35.5. The number of hydrogen-bond acceptors (Lipinski definition) is 3. The summed E-state index contributed by atoms with van der Waals surface area (Å²) in [6.45, 7) is 0.384. The number of amides is 2. The van der Waals surface area contributed by atoms with Crippen LogP contribution in [0.4, 0.5) is 5.69 Å². The van der Waals surface area contributed by atoms with Crippen LogP contribution in [-0.2, 0) is 9.59 Å². The van der Waals surface area contributed by atoms with E-state index in [0.29, 0.717) is 23.7 Å². The van der Waals surface area contributed by atoms with E-state index in [2.05, 4.69) is 20.9 Å². The van der Waals surface area contributed by atoms with Gasteiger partial charge in [-0.25, -0.2) is 0 Å². The Morgan fingerprint density at radius 1 is 1.19 bits per heavy atom.